The Hall–Kier alpha value is -2.07. The van der Waals surface area contributed by atoms with Crippen LogP contribution in [-0.4, -0.2) is 43.7 Å². The van der Waals surface area contributed by atoms with Gasteiger partial charge in [-0.15, -0.1) is 0 Å². The van der Waals surface area contributed by atoms with Crippen molar-refractivity contribution in [3.63, 3.8) is 0 Å². The predicted molar refractivity (Wildman–Crippen MR) is 113 cm³/mol. The van der Waals surface area contributed by atoms with Crippen LogP contribution in [0.4, 0.5) is 4.79 Å². The van der Waals surface area contributed by atoms with E-state index in [1.54, 1.807) is 0 Å². The number of hydrogen-bond acceptors (Lipinski definition) is 2. The third-order valence-corrected chi connectivity index (χ3v) is 5.49. The van der Waals surface area contributed by atoms with Crippen LogP contribution in [0.1, 0.15) is 38.2 Å². The number of carbonyl (C=O) groups excluding carboxylic acids is 1. The average Bonchev–Trinajstić information content (AvgIpc) is 2.68. The van der Waals surface area contributed by atoms with Gasteiger partial charge in [0.2, 0.25) is 0 Å². The van der Waals surface area contributed by atoms with E-state index in [1.807, 2.05) is 0 Å². The molecule has 2 aromatic rings. The van der Waals surface area contributed by atoms with E-state index in [-0.39, 0.29) is 6.03 Å². The van der Waals surface area contributed by atoms with Gasteiger partial charge in [-0.05, 0) is 67.4 Å². The molecule has 1 aliphatic rings. The number of hydrogen-bond donors (Lipinski definition) is 2. The van der Waals surface area contributed by atoms with Crippen molar-refractivity contribution < 1.29 is 4.79 Å². The van der Waals surface area contributed by atoms with Crippen molar-refractivity contribution in [2.45, 2.75) is 39.0 Å². The number of likely N-dealkylation sites (tertiary alicyclic amines) is 1. The summed E-state index contributed by atoms with van der Waals surface area (Å²) < 4.78 is 0. The van der Waals surface area contributed by atoms with Crippen molar-refractivity contribution in [1.29, 1.82) is 0 Å². The van der Waals surface area contributed by atoms with Crippen LogP contribution in [-0.2, 0) is 6.42 Å². The molecule has 2 amide bonds. The molecular formula is C23H33N3O. The molecule has 4 nitrogen and oxygen atoms in total. The number of unbranched alkanes of at least 4 members (excludes halogenated alkanes) is 1. The molecule has 0 aliphatic carbocycles. The minimum Gasteiger partial charge on any atom is -0.338 e. The Morgan fingerprint density at radius 2 is 1.89 bits per heavy atom. The number of rotatable bonds is 8. The van der Waals surface area contributed by atoms with Crippen LogP contribution in [0.3, 0.4) is 0 Å². The summed E-state index contributed by atoms with van der Waals surface area (Å²) in [5.74, 6) is 0.837. The maximum atomic E-state index is 12.0. The van der Waals surface area contributed by atoms with Gasteiger partial charge in [-0.1, -0.05) is 49.4 Å². The van der Waals surface area contributed by atoms with E-state index in [4.69, 9.17) is 0 Å². The monoisotopic (exact) mass is 367 g/mol. The van der Waals surface area contributed by atoms with Gasteiger partial charge in [0.1, 0.15) is 0 Å². The highest BCUT2D eigenvalue weighted by atomic mass is 16.2. The molecule has 0 spiro atoms. The molecule has 0 radical (unpaired) electrons. The van der Waals surface area contributed by atoms with Crippen LogP contribution < -0.4 is 10.6 Å². The van der Waals surface area contributed by atoms with Crippen LogP contribution >= 0.6 is 0 Å². The minimum atomic E-state index is -0.0539. The summed E-state index contributed by atoms with van der Waals surface area (Å²) in [6, 6.07) is 14.7. The second kappa shape index (κ2) is 10.3. The molecule has 4 heteroatoms. The first kappa shape index (κ1) is 19.7. The quantitative estimate of drug-likeness (QED) is 0.687. The lowest BCUT2D eigenvalue weighted by Gasteiger charge is -2.30. The number of nitrogens with one attached hydrogen (secondary N) is 2. The third kappa shape index (κ3) is 6.24. The lowest BCUT2D eigenvalue weighted by molar-refractivity contribution is 0.181. The zero-order valence-corrected chi connectivity index (χ0v) is 16.5. The second-order valence-corrected chi connectivity index (χ2v) is 7.83. The van der Waals surface area contributed by atoms with Gasteiger partial charge in [-0.25, -0.2) is 4.79 Å². The summed E-state index contributed by atoms with van der Waals surface area (Å²) >= 11 is 0. The standard InChI is InChI=1S/C23H33N3O/c1-19-8-7-17-26(18-19)16-5-4-14-24-23(27)25-15-13-21-11-6-10-20-9-2-3-12-22(20)21/h2-3,6,9-12,19H,4-5,7-8,13-18H2,1H3,(H2,24,25,27). The lowest BCUT2D eigenvalue weighted by Crippen LogP contribution is -2.38. The van der Waals surface area contributed by atoms with Crippen LogP contribution in [0.5, 0.6) is 0 Å². The fourth-order valence-electron chi connectivity index (χ4n) is 4.04. The molecule has 0 aromatic heterocycles. The van der Waals surface area contributed by atoms with Crippen molar-refractivity contribution >= 4 is 16.8 Å². The maximum Gasteiger partial charge on any atom is 0.314 e. The van der Waals surface area contributed by atoms with E-state index in [9.17, 15) is 4.79 Å². The topological polar surface area (TPSA) is 44.4 Å². The van der Waals surface area contributed by atoms with E-state index in [0.717, 1.165) is 38.3 Å². The molecule has 0 saturated carbocycles. The summed E-state index contributed by atoms with van der Waals surface area (Å²) in [5, 5.41) is 8.49. The van der Waals surface area contributed by atoms with Gasteiger partial charge in [-0.3, -0.25) is 0 Å². The van der Waals surface area contributed by atoms with Gasteiger partial charge in [0.05, 0.1) is 0 Å². The first-order chi connectivity index (χ1) is 13.2. The van der Waals surface area contributed by atoms with E-state index < -0.39 is 0 Å². The van der Waals surface area contributed by atoms with Gasteiger partial charge < -0.3 is 15.5 Å². The van der Waals surface area contributed by atoms with E-state index in [1.165, 1.54) is 42.3 Å². The molecule has 1 atom stereocenters. The van der Waals surface area contributed by atoms with E-state index >= 15 is 0 Å². The number of benzene rings is 2. The van der Waals surface area contributed by atoms with Crippen LogP contribution in [0.2, 0.25) is 0 Å². The lowest BCUT2D eigenvalue weighted by atomic mass is 10.0. The number of carbonyl (C=O) groups is 1. The van der Waals surface area contributed by atoms with Gasteiger partial charge >= 0.3 is 6.03 Å². The number of fused-ring (bicyclic) bond motifs is 1. The molecule has 1 fully saturated rings. The average molecular weight is 368 g/mol. The Kier molecular flexibility index (Phi) is 7.52. The molecule has 0 bridgehead atoms. The first-order valence-electron chi connectivity index (χ1n) is 10.4. The second-order valence-electron chi connectivity index (χ2n) is 7.83. The minimum absolute atomic E-state index is 0.0539. The van der Waals surface area contributed by atoms with Crippen LogP contribution in [0.15, 0.2) is 42.5 Å². The number of nitrogens with zero attached hydrogens (tertiary/aromatic N) is 1. The molecule has 2 N–H and O–H groups in total. The van der Waals surface area contributed by atoms with Crippen molar-refractivity contribution in [1.82, 2.24) is 15.5 Å². The summed E-state index contributed by atoms with van der Waals surface area (Å²) in [4.78, 5) is 14.5. The zero-order chi connectivity index (χ0) is 18.9. The Balaban J connectivity index is 1.28. The molecular weight excluding hydrogens is 334 g/mol. The summed E-state index contributed by atoms with van der Waals surface area (Å²) in [6.07, 6.45) is 5.75. The van der Waals surface area contributed by atoms with Crippen LogP contribution in [0, 0.1) is 5.92 Å². The molecule has 27 heavy (non-hydrogen) atoms. The van der Waals surface area contributed by atoms with Gasteiger partial charge in [0.25, 0.3) is 0 Å². The number of urea groups is 1. The number of piperidine rings is 1. The van der Waals surface area contributed by atoms with E-state index in [0.29, 0.717) is 6.54 Å². The molecule has 1 unspecified atom stereocenters. The zero-order valence-electron chi connectivity index (χ0n) is 16.5. The summed E-state index contributed by atoms with van der Waals surface area (Å²) in [7, 11) is 0. The SMILES string of the molecule is CC1CCCN(CCCCNC(=O)NCCc2cccc3ccccc23)C1. The third-order valence-electron chi connectivity index (χ3n) is 5.49. The molecule has 3 rings (SSSR count). The highest BCUT2D eigenvalue weighted by Crippen LogP contribution is 2.18. The molecule has 146 valence electrons. The predicted octanol–water partition coefficient (Wildman–Crippen LogP) is 4.19. The van der Waals surface area contributed by atoms with E-state index in [2.05, 4.69) is 64.9 Å². The first-order valence-corrected chi connectivity index (χ1v) is 10.4. The normalized spacial score (nSPS) is 17.7. The largest absolute Gasteiger partial charge is 0.338 e. The maximum absolute atomic E-state index is 12.0. The smallest absolute Gasteiger partial charge is 0.314 e. The highest BCUT2D eigenvalue weighted by Gasteiger charge is 2.15. The Morgan fingerprint density at radius 3 is 2.78 bits per heavy atom. The molecule has 1 aliphatic heterocycles. The van der Waals surface area contributed by atoms with Crippen molar-refractivity contribution in [2.24, 2.45) is 5.92 Å². The number of amides is 2. The molecule has 2 aromatic carbocycles. The Morgan fingerprint density at radius 1 is 1.07 bits per heavy atom. The van der Waals surface area contributed by atoms with Crippen molar-refractivity contribution in [2.75, 3.05) is 32.7 Å². The van der Waals surface area contributed by atoms with Gasteiger partial charge in [0.15, 0.2) is 0 Å². The highest BCUT2D eigenvalue weighted by molar-refractivity contribution is 5.85. The Labute approximate surface area is 163 Å². The van der Waals surface area contributed by atoms with Crippen molar-refractivity contribution in [3.8, 4) is 0 Å². The fourth-order valence-corrected chi connectivity index (χ4v) is 4.04. The van der Waals surface area contributed by atoms with Crippen LogP contribution in [0.25, 0.3) is 10.8 Å². The fraction of sp³-hybridized carbons (Fsp3) is 0.522. The Bertz CT molecular complexity index is 725. The molecule has 1 heterocycles. The van der Waals surface area contributed by atoms with Gasteiger partial charge in [-0.2, -0.15) is 0 Å². The van der Waals surface area contributed by atoms with Gasteiger partial charge in [0, 0.05) is 19.6 Å². The molecule has 1 saturated heterocycles. The van der Waals surface area contributed by atoms with Crippen molar-refractivity contribution in [3.05, 3.63) is 48.0 Å². The summed E-state index contributed by atoms with van der Waals surface area (Å²) in [5.41, 5.74) is 1.28. The summed E-state index contributed by atoms with van der Waals surface area (Å²) in [6.45, 7) is 7.40.